The van der Waals surface area contributed by atoms with Crippen LogP contribution in [-0.2, 0) is 6.54 Å². The molecule has 0 N–H and O–H groups in total. The Bertz CT molecular complexity index is 328. The van der Waals surface area contributed by atoms with E-state index in [0.29, 0.717) is 0 Å². The minimum atomic E-state index is 0.751. The maximum absolute atomic E-state index is 4.40. The molecule has 2 unspecified atom stereocenters. The summed E-state index contributed by atoms with van der Waals surface area (Å²) in [6.07, 6.45) is 5.96. The highest BCUT2D eigenvalue weighted by Crippen LogP contribution is 2.32. The van der Waals surface area contributed by atoms with Gasteiger partial charge in [0.2, 0.25) is 0 Å². The lowest BCUT2D eigenvalue weighted by atomic mass is 10.2. The van der Waals surface area contributed by atoms with Crippen LogP contribution in [0.2, 0.25) is 0 Å². The second-order valence-electron chi connectivity index (χ2n) is 4.78. The van der Waals surface area contributed by atoms with Gasteiger partial charge in [-0.05, 0) is 44.2 Å². The molecular formula is C14H22N2S. The van der Waals surface area contributed by atoms with Gasteiger partial charge in [0.25, 0.3) is 0 Å². The molecule has 1 aliphatic carbocycles. The van der Waals surface area contributed by atoms with Crippen LogP contribution in [0.5, 0.6) is 0 Å². The minimum absolute atomic E-state index is 0.751. The molecule has 0 aromatic carbocycles. The Morgan fingerprint density at radius 2 is 2.29 bits per heavy atom. The molecule has 1 heterocycles. The molecule has 0 bridgehead atoms. The minimum Gasteiger partial charge on any atom is -0.298 e. The number of nitrogens with zero attached hydrogens (tertiary/aromatic N) is 2. The molecular weight excluding hydrogens is 228 g/mol. The van der Waals surface area contributed by atoms with Crippen LogP contribution in [-0.4, -0.2) is 34.0 Å². The van der Waals surface area contributed by atoms with Crippen LogP contribution in [0.4, 0.5) is 0 Å². The maximum atomic E-state index is 4.40. The first kappa shape index (κ1) is 12.9. The van der Waals surface area contributed by atoms with E-state index in [9.17, 15) is 0 Å². The molecule has 1 saturated carbocycles. The molecule has 0 spiro atoms. The Morgan fingerprint density at radius 3 is 3.00 bits per heavy atom. The quantitative estimate of drug-likeness (QED) is 0.798. The van der Waals surface area contributed by atoms with Crippen molar-refractivity contribution in [2.45, 2.75) is 44.0 Å². The fraction of sp³-hybridized carbons (Fsp3) is 0.643. The Morgan fingerprint density at radius 1 is 1.41 bits per heavy atom. The van der Waals surface area contributed by atoms with Crippen molar-refractivity contribution < 1.29 is 0 Å². The molecule has 0 saturated heterocycles. The maximum Gasteiger partial charge on any atom is 0.0543 e. The van der Waals surface area contributed by atoms with Crippen molar-refractivity contribution in [2.24, 2.45) is 0 Å². The van der Waals surface area contributed by atoms with Crippen LogP contribution in [0.3, 0.4) is 0 Å². The van der Waals surface area contributed by atoms with Gasteiger partial charge in [0.15, 0.2) is 0 Å². The van der Waals surface area contributed by atoms with E-state index >= 15 is 0 Å². The van der Waals surface area contributed by atoms with Crippen LogP contribution in [0.1, 0.15) is 31.9 Å². The topological polar surface area (TPSA) is 16.1 Å². The molecule has 1 aromatic rings. The number of hydrogen-bond donors (Lipinski definition) is 0. The highest BCUT2D eigenvalue weighted by Gasteiger charge is 2.27. The lowest BCUT2D eigenvalue weighted by molar-refractivity contribution is 0.235. The number of thioether (sulfide) groups is 1. The van der Waals surface area contributed by atoms with Gasteiger partial charge < -0.3 is 0 Å². The van der Waals surface area contributed by atoms with Gasteiger partial charge in [-0.1, -0.05) is 13.0 Å². The molecule has 2 rings (SSSR count). The summed E-state index contributed by atoms with van der Waals surface area (Å²) in [6, 6.07) is 6.91. The molecule has 2 atom stereocenters. The van der Waals surface area contributed by atoms with Gasteiger partial charge in [-0.3, -0.25) is 9.88 Å². The van der Waals surface area contributed by atoms with Crippen LogP contribution in [0, 0.1) is 0 Å². The van der Waals surface area contributed by atoms with Gasteiger partial charge in [0, 0.05) is 24.0 Å². The van der Waals surface area contributed by atoms with Crippen LogP contribution in [0.15, 0.2) is 24.4 Å². The Kier molecular flexibility index (Phi) is 4.86. The summed E-state index contributed by atoms with van der Waals surface area (Å²) in [5.41, 5.74) is 1.18. The van der Waals surface area contributed by atoms with Gasteiger partial charge in [-0.15, -0.1) is 0 Å². The monoisotopic (exact) mass is 250 g/mol. The van der Waals surface area contributed by atoms with E-state index in [4.69, 9.17) is 0 Å². The van der Waals surface area contributed by atoms with Gasteiger partial charge in [0.1, 0.15) is 0 Å². The lowest BCUT2D eigenvalue weighted by Gasteiger charge is -2.23. The first-order chi connectivity index (χ1) is 8.29. The summed E-state index contributed by atoms with van der Waals surface area (Å²) in [5.74, 6) is 1.25. The molecule has 0 aliphatic heterocycles. The van der Waals surface area contributed by atoms with Crippen LogP contribution in [0.25, 0.3) is 0 Å². The summed E-state index contributed by atoms with van der Waals surface area (Å²) in [5, 5.41) is 0.885. The number of pyridine rings is 1. The van der Waals surface area contributed by atoms with Gasteiger partial charge in [0.05, 0.1) is 5.69 Å². The molecule has 1 aromatic heterocycles. The summed E-state index contributed by atoms with van der Waals surface area (Å²) < 4.78 is 0. The average molecular weight is 250 g/mol. The summed E-state index contributed by atoms with van der Waals surface area (Å²) >= 11 is 2.12. The standard InChI is InChI=1S/C14H22N2S/c1-3-17-14-8-7-13(10-14)16(2)11-12-6-4-5-9-15-12/h4-6,9,13-14H,3,7-8,10-11H2,1-2H3. The SMILES string of the molecule is CCSC1CCC(N(C)Cc2ccccn2)C1. The van der Waals surface area contributed by atoms with Crippen molar-refractivity contribution in [2.75, 3.05) is 12.8 Å². The van der Waals surface area contributed by atoms with E-state index in [1.165, 1.54) is 30.7 Å². The molecule has 0 radical (unpaired) electrons. The normalized spacial score (nSPS) is 24.4. The van der Waals surface area contributed by atoms with E-state index in [-0.39, 0.29) is 0 Å². The average Bonchev–Trinajstić information content (AvgIpc) is 2.79. The van der Waals surface area contributed by atoms with Crippen molar-refractivity contribution in [3.05, 3.63) is 30.1 Å². The number of aromatic nitrogens is 1. The van der Waals surface area contributed by atoms with Crippen molar-refractivity contribution in [3.8, 4) is 0 Å². The smallest absolute Gasteiger partial charge is 0.0543 e. The molecule has 0 amide bonds. The fourth-order valence-corrected chi connectivity index (χ4v) is 3.71. The number of hydrogen-bond acceptors (Lipinski definition) is 3. The summed E-state index contributed by atoms with van der Waals surface area (Å²) in [4.78, 5) is 6.87. The molecule has 1 fully saturated rings. The zero-order chi connectivity index (χ0) is 12.1. The largest absolute Gasteiger partial charge is 0.298 e. The van der Waals surface area contributed by atoms with Crippen molar-refractivity contribution in [3.63, 3.8) is 0 Å². The van der Waals surface area contributed by atoms with Gasteiger partial charge in [-0.25, -0.2) is 0 Å². The highest BCUT2D eigenvalue weighted by atomic mass is 32.2. The van der Waals surface area contributed by atoms with E-state index in [0.717, 1.165) is 17.8 Å². The lowest BCUT2D eigenvalue weighted by Crippen LogP contribution is -2.29. The van der Waals surface area contributed by atoms with Crippen molar-refractivity contribution in [1.82, 2.24) is 9.88 Å². The summed E-state index contributed by atoms with van der Waals surface area (Å²) in [6.45, 7) is 3.24. The van der Waals surface area contributed by atoms with E-state index in [2.05, 4.69) is 47.7 Å². The highest BCUT2D eigenvalue weighted by molar-refractivity contribution is 7.99. The van der Waals surface area contributed by atoms with Crippen LogP contribution < -0.4 is 0 Å². The van der Waals surface area contributed by atoms with E-state index in [1.807, 2.05) is 12.3 Å². The second kappa shape index (κ2) is 6.41. The van der Waals surface area contributed by atoms with Gasteiger partial charge in [-0.2, -0.15) is 11.8 Å². The zero-order valence-corrected chi connectivity index (χ0v) is 11.6. The predicted octanol–water partition coefficient (Wildman–Crippen LogP) is 3.19. The third-order valence-electron chi connectivity index (χ3n) is 3.52. The Balaban J connectivity index is 1.83. The molecule has 1 aliphatic rings. The van der Waals surface area contributed by atoms with Gasteiger partial charge >= 0.3 is 0 Å². The molecule has 3 heteroatoms. The van der Waals surface area contributed by atoms with Crippen LogP contribution >= 0.6 is 11.8 Å². The third kappa shape index (κ3) is 3.71. The van der Waals surface area contributed by atoms with E-state index in [1.54, 1.807) is 0 Å². The zero-order valence-electron chi connectivity index (χ0n) is 10.8. The van der Waals surface area contributed by atoms with Crippen molar-refractivity contribution in [1.29, 1.82) is 0 Å². The molecule has 94 valence electrons. The first-order valence-electron chi connectivity index (χ1n) is 6.51. The molecule has 2 nitrogen and oxygen atoms in total. The second-order valence-corrected chi connectivity index (χ2v) is 6.36. The first-order valence-corrected chi connectivity index (χ1v) is 7.56. The number of rotatable bonds is 5. The predicted molar refractivity (Wildman–Crippen MR) is 75.3 cm³/mol. The summed E-state index contributed by atoms with van der Waals surface area (Å²) in [7, 11) is 2.23. The fourth-order valence-electron chi connectivity index (χ4n) is 2.58. The Labute approximate surface area is 109 Å². The third-order valence-corrected chi connectivity index (χ3v) is 4.75. The molecule has 17 heavy (non-hydrogen) atoms. The van der Waals surface area contributed by atoms with E-state index < -0.39 is 0 Å². The Hall–Kier alpha value is -0.540. The van der Waals surface area contributed by atoms with Crippen molar-refractivity contribution >= 4 is 11.8 Å².